The van der Waals surface area contributed by atoms with Crippen molar-refractivity contribution in [2.45, 2.75) is 13.8 Å². The van der Waals surface area contributed by atoms with Gasteiger partial charge in [0.2, 0.25) is 0 Å². The fraction of sp³-hybridized carbons (Fsp3) is 0.273. The van der Waals surface area contributed by atoms with Gasteiger partial charge in [0, 0.05) is 12.6 Å². The van der Waals surface area contributed by atoms with E-state index in [1.54, 1.807) is 12.1 Å². The van der Waals surface area contributed by atoms with E-state index in [1.165, 1.54) is 0 Å². The van der Waals surface area contributed by atoms with Gasteiger partial charge >= 0.3 is 0 Å². The molecule has 3 heteroatoms. The van der Waals surface area contributed by atoms with E-state index in [9.17, 15) is 0 Å². The van der Waals surface area contributed by atoms with Crippen molar-refractivity contribution in [1.29, 1.82) is 0 Å². The van der Waals surface area contributed by atoms with E-state index < -0.39 is 0 Å². The average Bonchev–Trinajstić information content (AvgIpc) is 2.23. The summed E-state index contributed by atoms with van der Waals surface area (Å²) in [5.74, 6) is 1.46. The van der Waals surface area contributed by atoms with Crippen LogP contribution in [-0.4, -0.2) is 12.1 Å². The van der Waals surface area contributed by atoms with E-state index in [0.717, 1.165) is 11.3 Å². The van der Waals surface area contributed by atoms with Crippen molar-refractivity contribution in [3.63, 3.8) is 0 Å². The van der Waals surface area contributed by atoms with E-state index in [-0.39, 0.29) is 0 Å². The highest BCUT2D eigenvalue weighted by atomic mass is 16.7. The van der Waals surface area contributed by atoms with Crippen LogP contribution < -0.4 is 10.6 Å². The summed E-state index contributed by atoms with van der Waals surface area (Å²) >= 11 is 0. The molecule has 0 spiro atoms. The molecule has 0 unspecified atom stereocenters. The first-order valence-corrected chi connectivity index (χ1v) is 4.75. The summed E-state index contributed by atoms with van der Waals surface area (Å²) in [5.41, 5.74) is 6.68. The van der Waals surface area contributed by atoms with E-state index in [2.05, 4.69) is 0 Å². The Labute approximate surface area is 84.7 Å². The number of rotatable bonds is 0. The van der Waals surface area contributed by atoms with Gasteiger partial charge in [-0.15, -0.1) is 0 Å². The van der Waals surface area contributed by atoms with Gasteiger partial charge < -0.3 is 10.6 Å². The Balaban J connectivity index is 0.000000461. The second-order valence-electron chi connectivity index (χ2n) is 2.70. The maximum Gasteiger partial charge on any atom is 0.162 e. The molecule has 0 amide bonds. The fourth-order valence-corrected chi connectivity index (χ4v) is 1.13. The van der Waals surface area contributed by atoms with Crippen LogP contribution >= 0.6 is 0 Å². The number of benzene rings is 1. The van der Waals surface area contributed by atoms with Gasteiger partial charge in [0.15, 0.2) is 5.75 Å². The predicted octanol–water partition coefficient (Wildman–Crippen LogP) is 2.21. The number of hydrogen-bond donors (Lipinski definition) is 1. The molecule has 0 aromatic heterocycles. The van der Waals surface area contributed by atoms with Gasteiger partial charge in [0.1, 0.15) is 5.82 Å². The third-order valence-electron chi connectivity index (χ3n) is 1.82. The topological polar surface area (TPSA) is 38.5 Å². The lowest BCUT2D eigenvalue weighted by molar-refractivity contribution is 0.00171. The van der Waals surface area contributed by atoms with Gasteiger partial charge in [-0.05, 0) is 12.1 Å². The van der Waals surface area contributed by atoms with Gasteiger partial charge in [-0.25, -0.2) is 0 Å². The molecule has 1 aromatic rings. The van der Waals surface area contributed by atoms with Crippen LogP contribution in [0.1, 0.15) is 19.4 Å². The molecule has 0 saturated heterocycles. The number of hydroxylamine groups is 2. The molecular formula is C11H16N2O. The van der Waals surface area contributed by atoms with Crippen LogP contribution in [0.3, 0.4) is 0 Å². The summed E-state index contributed by atoms with van der Waals surface area (Å²) in [7, 11) is 1.78. The van der Waals surface area contributed by atoms with Crippen molar-refractivity contribution in [3.05, 3.63) is 35.6 Å². The van der Waals surface area contributed by atoms with Gasteiger partial charge in [-0.2, -0.15) is 5.06 Å². The molecule has 2 rings (SSSR count). The van der Waals surface area contributed by atoms with Gasteiger partial charge in [-0.3, -0.25) is 0 Å². The number of fused-ring (bicyclic) bond motifs is 1. The van der Waals surface area contributed by atoms with E-state index in [4.69, 9.17) is 10.6 Å². The lowest BCUT2D eigenvalue weighted by atomic mass is 10.2. The SMILES string of the molecule is CC.CN1Oc2ccccc2C=C1N. The molecule has 0 fully saturated rings. The largest absolute Gasteiger partial charge is 0.383 e. The van der Waals surface area contributed by atoms with Crippen molar-refractivity contribution in [1.82, 2.24) is 5.06 Å². The number of nitrogens with zero attached hydrogens (tertiary/aromatic N) is 1. The number of para-hydroxylation sites is 1. The van der Waals surface area contributed by atoms with E-state index >= 15 is 0 Å². The average molecular weight is 192 g/mol. The molecule has 0 saturated carbocycles. The van der Waals surface area contributed by atoms with Gasteiger partial charge in [-0.1, -0.05) is 32.0 Å². The first-order valence-electron chi connectivity index (χ1n) is 4.75. The van der Waals surface area contributed by atoms with Gasteiger partial charge in [0.25, 0.3) is 0 Å². The van der Waals surface area contributed by atoms with E-state index in [0.29, 0.717) is 5.82 Å². The standard InChI is InChI=1S/C9H10N2O.C2H6/c1-11-9(10)6-7-4-2-3-5-8(7)12-11;1-2/h2-6H,10H2,1H3;1-2H3. The molecular weight excluding hydrogens is 176 g/mol. The Bertz CT molecular complexity index is 334. The zero-order chi connectivity index (χ0) is 10.6. The maximum atomic E-state index is 5.66. The second-order valence-corrected chi connectivity index (χ2v) is 2.70. The van der Waals surface area contributed by atoms with Crippen LogP contribution in [0, 0.1) is 0 Å². The highest BCUT2D eigenvalue weighted by Gasteiger charge is 2.12. The minimum atomic E-state index is 0.619. The molecule has 1 aliphatic rings. The molecule has 0 radical (unpaired) electrons. The lowest BCUT2D eigenvalue weighted by Gasteiger charge is -2.24. The Hall–Kier alpha value is -1.64. The summed E-state index contributed by atoms with van der Waals surface area (Å²) < 4.78 is 0. The van der Waals surface area contributed by atoms with Crippen molar-refractivity contribution in [2.24, 2.45) is 5.73 Å². The summed E-state index contributed by atoms with van der Waals surface area (Å²) in [4.78, 5) is 5.38. The number of nitrogens with two attached hydrogens (primary N) is 1. The van der Waals surface area contributed by atoms with Crippen molar-refractivity contribution in [2.75, 3.05) is 7.05 Å². The zero-order valence-corrected chi connectivity index (χ0v) is 8.82. The number of hydrogen-bond acceptors (Lipinski definition) is 3. The van der Waals surface area contributed by atoms with Crippen molar-refractivity contribution < 1.29 is 4.84 Å². The summed E-state index contributed by atoms with van der Waals surface area (Å²) in [5, 5.41) is 1.54. The normalized spacial score (nSPS) is 13.1. The summed E-state index contributed by atoms with van der Waals surface area (Å²) in [6.45, 7) is 4.00. The first kappa shape index (κ1) is 10.4. The van der Waals surface area contributed by atoms with Crippen LogP contribution in [0.25, 0.3) is 6.08 Å². The molecule has 1 aromatic carbocycles. The van der Waals surface area contributed by atoms with Crippen LogP contribution in [0.15, 0.2) is 30.1 Å². The third kappa shape index (κ3) is 1.99. The first-order chi connectivity index (χ1) is 6.77. The molecule has 14 heavy (non-hydrogen) atoms. The van der Waals surface area contributed by atoms with Crippen molar-refractivity contribution in [3.8, 4) is 5.75 Å². The molecule has 2 N–H and O–H groups in total. The smallest absolute Gasteiger partial charge is 0.162 e. The maximum absolute atomic E-state index is 5.66. The highest BCUT2D eigenvalue weighted by Crippen LogP contribution is 2.25. The highest BCUT2D eigenvalue weighted by molar-refractivity contribution is 5.60. The summed E-state index contributed by atoms with van der Waals surface area (Å²) in [6.07, 6.45) is 1.89. The minimum absolute atomic E-state index is 0.619. The molecule has 0 bridgehead atoms. The van der Waals surface area contributed by atoms with Crippen LogP contribution in [0.4, 0.5) is 0 Å². The Morgan fingerprint density at radius 1 is 1.21 bits per heavy atom. The molecule has 1 heterocycles. The fourth-order valence-electron chi connectivity index (χ4n) is 1.13. The van der Waals surface area contributed by atoms with E-state index in [1.807, 2.05) is 44.2 Å². The molecule has 76 valence electrons. The molecule has 0 atom stereocenters. The Kier molecular flexibility index (Phi) is 3.40. The Morgan fingerprint density at radius 3 is 2.57 bits per heavy atom. The third-order valence-corrected chi connectivity index (χ3v) is 1.82. The van der Waals surface area contributed by atoms with Gasteiger partial charge in [0.05, 0.1) is 0 Å². The summed E-state index contributed by atoms with van der Waals surface area (Å²) in [6, 6.07) is 7.77. The molecule has 3 nitrogen and oxygen atoms in total. The predicted molar refractivity (Wildman–Crippen MR) is 58.3 cm³/mol. The van der Waals surface area contributed by atoms with Crippen LogP contribution in [-0.2, 0) is 0 Å². The van der Waals surface area contributed by atoms with Crippen LogP contribution in [0.2, 0.25) is 0 Å². The molecule has 0 aliphatic carbocycles. The minimum Gasteiger partial charge on any atom is -0.383 e. The lowest BCUT2D eigenvalue weighted by Crippen LogP contribution is -2.29. The zero-order valence-electron chi connectivity index (χ0n) is 8.82. The van der Waals surface area contributed by atoms with Crippen LogP contribution in [0.5, 0.6) is 5.75 Å². The monoisotopic (exact) mass is 192 g/mol. The molecule has 1 aliphatic heterocycles. The quantitative estimate of drug-likeness (QED) is 0.685. The second kappa shape index (κ2) is 4.56. The van der Waals surface area contributed by atoms with Crippen molar-refractivity contribution >= 4 is 6.08 Å². The Morgan fingerprint density at radius 2 is 1.86 bits per heavy atom.